The van der Waals surface area contributed by atoms with Crippen LogP contribution in [0.15, 0.2) is 61.3 Å². The van der Waals surface area contributed by atoms with Gasteiger partial charge in [-0.15, -0.1) is 0 Å². The average molecular weight is 410 g/mol. The number of anilines is 1. The molecule has 9 heteroatoms. The lowest BCUT2D eigenvalue weighted by atomic mass is 10.2. The molecular weight excluding hydrogens is 394 g/mol. The first kappa shape index (κ1) is 18.7. The smallest absolute Gasteiger partial charge is 0.340 e. The first-order valence-electron chi connectivity index (χ1n) is 8.68. The normalized spacial score (nSPS) is 10.8. The molecule has 0 bridgehead atoms. The summed E-state index contributed by atoms with van der Waals surface area (Å²) >= 11 is 6.04. The van der Waals surface area contributed by atoms with E-state index in [1.54, 1.807) is 24.4 Å². The highest BCUT2D eigenvalue weighted by molar-refractivity contribution is 6.31. The van der Waals surface area contributed by atoms with Crippen LogP contribution in [-0.4, -0.2) is 37.8 Å². The number of amides is 1. The Morgan fingerprint density at radius 1 is 1.21 bits per heavy atom. The predicted molar refractivity (Wildman–Crippen MR) is 108 cm³/mol. The Bertz CT molecular complexity index is 1200. The summed E-state index contributed by atoms with van der Waals surface area (Å²) in [6.45, 7) is -0.439. The maximum absolute atomic E-state index is 12.5. The van der Waals surface area contributed by atoms with Gasteiger partial charge in [0.05, 0.1) is 16.9 Å². The van der Waals surface area contributed by atoms with E-state index in [1.807, 2.05) is 35.9 Å². The number of fused-ring (bicyclic) bond motifs is 1. The Morgan fingerprint density at radius 2 is 2.03 bits per heavy atom. The van der Waals surface area contributed by atoms with Gasteiger partial charge in [0, 0.05) is 29.2 Å². The van der Waals surface area contributed by atoms with Crippen LogP contribution < -0.4 is 5.32 Å². The summed E-state index contributed by atoms with van der Waals surface area (Å²) in [4.78, 5) is 28.7. The Kier molecular flexibility index (Phi) is 5.01. The van der Waals surface area contributed by atoms with Gasteiger partial charge in [-0.1, -0.05) is 29.8 Å². The second kappa shape index (κ2) is 7.76. The molecule has 1 N–H and O–H groups in total. The van der Waals surface area contributed by atoms with Crippen LogP contribution in [-0.2, 0) is 16.6 Å². The van der Waals surface area contributed by atoms with Crippen molar-refractivity contribution in [3.8, 4) is 5.69 Å². The van der Waals surface area contributed by atoms with E-state index >= 15 is 0 Å². The van der Waals surface area contributed by atoms with Gasteiger partial charge in [-0.3, -0.25) is 4.79 Å². The maximum Gasteiger partial charge on any atom is 0.340 e. The number of carbonyl (C=O) groups excluding carboxylic acids is 2. The Hall–Kier alpha value is -3.65. The van der Waals surface area contributed by atoms with Gasteiger partial charge in [0.25, 0.3) is 5.91 Å². The average Bonchev–Trinajstić information content (AvgIpc) is 3.35. The van der Waals surface area contributed by atoms with Crippen molar-refractivity contribution in [3.05, 3.63) is 71.9 Å². The Labute approximate surface area is 170 Å². The van der Waals surface area contributed by atoms with Crippen molar-refractivity contribution in [3.63, 3.8) is 0 Å². The first-order valence-corrected chi connectivity index (χ1v) is 9.06. The highest BCUT2D eigenvalue weighted by atomic mass is 35.5. The molecular formula is C20H16ClN5O3. The number of halogens is 1. The van der Waals surface area contributed by atoms with Crippen LogP contribution in [0.5, 0.6) is 0 Å². The van der Waals surface area contributed by atoms with E-state index in [0.717, 1.165) is 10.9 Å². The maximum atomic E-state index is 12.5. The van der Waals surface area contributed by atoms with Crippen molar-refractivity contribution in [2.45, 2.75) is 0 Å². The molecule has 0 aliphatic carbocycles. The lowest BCUT2D eigenvalue weighted by Gasteiger charge is -2.11. The molecule has 0 aliphatic heterocycles. The van der Waals surface area contributed by atoms with E-state index < -0.39 is 18.5 Å². The zero-order chi connectivity index (χ0) is 20.4. The summed E-state index contributed by atoms with van der Waals surface area (Å²) in [5, 5.41) is 7.96. The van der Waals surface area contributed by atoms with E-state index in [4.69, 9.17) is 16.3 Å². The predicted octanol–water partition coefficient (Wildman–Crippen LogP) is 3.21. The molecule has 0 aliphatic rings. The third-order valence-electron chi connectivity index (χ3n) is 4.35. The topological polar surface area (TPSA) is 91.0 Å². The summed E-state index contributed by atoms with van der Waals surface area (Å²) in [5.41, 5.74) is 2.32. The second-order valence-electron chi connectivity index (χ2n) is 6.30. The molecule has 146 valence electrons. The minimum absolute atomic E-state index is 0.405. The fourth-order valence-corrected chi connectivity index (χ4v) is 3.21. The van der Waals surface area contributed by atoms with Crippen molar-refractivity contribution in [2.24, 2.45) is 7.05 Å². The lowest BCUT2D eigenvalue weighted by molar-refractivity contribution is -0.119. The van der Waals surface area contributed by atoms with Gasteiger partial charge in [0.2, 0.25) is 0 Å². The summed E-state index contributed by atoms with van der Waals surface area (Å²) in [6.07, 6.45) is 4.57. The highest BCUT2D eigenvalue weighted by Crippen LogP contribution is 2.24. The third kappa shape index (κ3) is 3.83. The number of nitrogens with one attached hydrogen (secondary N) is 1. The summed E-state index contributed by atoms with van der Waals surface area (Å²) in [6, 6.07) is 12.4. The second-order valence-corrected chi connectivity index (χ2v) is 6.73. The molecule has 4 rings (SSSR count). The molecule has 2 aromatic heterocycles. The SMILES string of the molecule is Cn1cc(C(=O)OCC(=O)Nc2cc(Cl)ccc2-n2cncn2)c2ccccc21. The van der Waals surface area contributed by atoms with E-state index in [-0.39, 0.29) is 0 Å². The van der Waals surface area contributed by atoms with Gasteiger partial charge in [0.1, 0.15) is 12.7 Å². The molecule has 0 saturated heterocycles. The van der Waals surface area contributed by atoms with Gasteiger partial charge in [-0.25, -0.2) is 14.5 Å². The van der Waals surface area contributed by atoms with Crippen LogP contribution >= 0.6 is 11.6 Å². The van der Waals surface area contributed by atoms with E-state index in [2.05, 4.69) is 15.4 Å². The highest BCUT2D eigenvalue weighted by Gasteiger charge is 2.17. The Morgan fingerprint density at radius 3 is 2.83 bits per heavy atom. The number of carbonyl (C=O) groups is 2. The van der Waals surface area contributed by atoms with Crippen molar-refractivity contribution in [1.29, 1.82) is 0 Å². The van der Waals surface area contributed by atoms with Gasteiger partial charge in [-0.2, -0.15) is 5.10 Å². The summed E-state index contributed by atoms with van der Waals surface area (Å²) in [5.74, 6) is -1.07. The standard InChI is InChI=1S/C20H16ClN5O3/c1-25-9-15(14-4-2-3-5-17(14)25)20(28)29-10-19(27)24-16-8-13(21)6-7-18(16)26-12-22-11-23-26/h2-9,11-12H,10H2,1H3,(H,24,27). The number of hydrogen-bond acceptors (Lipinski definition) is 5. The molecule has 1 amide bonds. The van der Waals surface area contributed by atoms with Crippen LogP contribution in [0.1, 0.15) is 10.4 Å². The number of ether oxygens (including phenoxy) is 1. The molecule has 0 unspecified atom stereocenters. The van der Waals surface area contributed by atoms with Gasteiger partial charge in [0.15, 0.2) is 6.61 Å². The molecule has 29 heavy (non-hydrogen) atoms. The summed E-state index contributed by atoms with van der Waals surface area (Å²) in [7, 11) is 1.84. The molecule has 8 nitrogen and oxygen atoms in total. The van der Waals surface area contributed by atoms with E-state index in [0.29, 0.717) is 22.0 Å². The van der Waals surface area contributed by atoms with E-state index in [9.17, 15) is 9.59 Å². The van der Waals surface area contributed by atoms with Crippen LogP contribution in [0.4, 0.5) is 5.69 Å². The largest absolute Gasteiger partial charge is 0.452 e. The third-order valence-corrected chi connectivity index (χ3v) is 4.58. The van der Waals surface area contributed by atoms with Gasteiger partial charge in [-0.05, 0) is 24.3 Å². The lowest BCUT2D eigenvalue weighted by Crippen LogP contribution is -2.21. The zero-order valence-corrected chi connectivity index (χ0v) is 16.1. The fraction of sp³-hybridized carbons (Fsp3) is 0.100. The van der Waals surface area contributed by atoms with Crippen LogP contribution in [0.25, 0.3) is 16.6 Å². The summed E-state index contributed by atoms with van der Waals surface area (Å²) < 4.78 is 8.54. The minimum Gasteiger partial charge on any atom is -0.452 e. The molecule has 4 aromatic rings. The molecule has 0 radical (unpaired) electrons. The Balaban J connectivity index is 1.47. The number of aromatic nitrogens is 4. The monoisotopic (exact) mass is 409 g/mol. The minimum atomic E-state index is -0.570. The van der Waals surface area contributed by atoms with Gasteiger partial charge < -0.3 is 14.6 Å². The molecule has 2 aromatic carbocycles. The molecule has 0 fully saturated rings. The number of nitrogens with zero attached hydrogens (tertiary/aromatic N) is 4. The molecule has 0 saturated carbocycles. The van der Waals surface area contributed by atoms with Crippen LogP contribution in [0.2, 0.25) is 5.02 Å². The van der Waals surface area contributed by atoms with Crippen molar-refractivity contribution in [1.82, 2.24) is 19.3 Å². The van der Waals surface area contributed by atoms with Crippen molar-refractivity contribution >= 4 is 40.1 Å². The van der Waals surface area contributed by atoms with Gasteiger partial charge >= 0.3 is 5.97 Å². The number of benzene rings is 2. The molecule has 2 heterocycles. The molecule has 0 spiro atoms. The molecule has 0 atom stereocenters. The van der Waals surface area contributed by atoms with Crippen LogP contribution in [0, 0.1) is 0 Å². The van der Waals surface area contributed by atoms with Crippen molar-refractivity contribution < 1.29 is 14.3 Å². The number of para-hydroxylation sites is 1. The number of rotatable bonds is 5. The van der Waals surface area contributed by atoms with Crippen molar-refractivity contribution in [2.75, 3.05) is 11.9 Å². The fourth-order valence-electron chi connectivity index (χ4n) is 3.04. The van der Waals surface area contributed by atoms with E-state index in [1.165, 1.54) is 17.3 Å². The number of hydrogen-bond donors (Lipinski definition) is 1. The number of esters is 1. The first-order chi connectivity index (χ1) is 14.0. The number of aryl methyl sites for hydroxylation is 1. The van der Waals surface area contributed by atoms with Crippen LogP contribution in [0.3, 0.4) is 0 Å². The quantitative estimate of drug-likeness (QED) is 0.511. The zero-order valence-electron chi connectivity index (χ0n) is 15.4.